The molecule has 0 aromatic heterocycles. The number of allylic oxidation sites excluding steroid dienone is 9. The SMILES string of the molecule is CC1=C(/C=C/C(C)=C/C=C/C(C)=C/C#N)C(C)(C)CC(O)C1. The Morgan fingerprint density at radius 2 is 1.95 bits per heavy atom. The Bertz CT molecular complexity index is 592. The maximum atomic E-state index is 9.92. The van der Waals surface area contributed by atoms with Gasteiger partial charge in [0.1, 0.15) is 0 Å². The summed E-state index contributed by atoms with van der Waals surface area (Å²) in [7, 11) is 0. The maximum Gasteiger partial charge on any atom is 0.0914 e. The molecule has 0 heterocycles. The van der Waals surface area contributed by atoms with E-state index >= 15 is 0 Å². The lowest BCUT2D eigenvalue weighted by molar-refractivity contribution is 0.116. The minimum Gasteiger partial charge on any atom is -0.393 e. The molecule has 1 atom stereocenters. The van der Waals surface area contributed by atoms with Gasteiger partial charge in [-0.05, 0) is 50.2 Å². The average Bonchev–Trinajstić information content (AvgIpc) is 2.36. The van der Waals surface area contributed by atoms with Gasteiger partial charge in [-0.25, -0.2) is 0 Å². The van der Waals surface area contributed by atoms with Crippen molar-refractivity contribution in [3.05, 3.63) is 58.7 Å². The van der Waals surface area contributed by atoms with Crippen molar-refractivity contribution in [1.29, 1.82) is 5.26 Å². The first kappa shape index (κ1) is 18.2. The van der Waals surface area contributed by atoms with Crippen LogP contribution in [0.1, 0.15) is 47.5 Å². The fourth-order valence-electron chi connectivity index (χ4n) is 2.95. The van der Waals surface area contributed by atoms with E-state index in [0.29, 0.717) is 0 Å². The number of nitrogens with zero attached hydrogens (tertiary/aromatic N) is 1. The van der Waals surface area contributed by atoms with E-state index in [1.165, 1.54) is 17.2 Å². The molecule has 1 rings (SSSR count). The van der Waals surface area contributed by atoms with Gasteiger partial charge in [-0.2, -0.15) is 5.26 Å². The summed E-state index contributed by atoms with van der Waals surface area (Å²) in [5.74, 6) is 0. The van der Waals surface area contributed by atoms with Crippen LogP contribution < -0.4 is 0 Å². The number of aliphatic hydroxyl groups excluding tert-OH is 1. The van der Waals surface area contributed by atoms with Crippen molar-refractivity contribution in [2.75, 3.05) is 0 Å². The molecule has 2 heteroatoms. The van der Waals surface area contributed by atoms with Gasteiger partial charge in [-0.15, -0.1) is 0 Å². The van der Waals surface area contributed by atoms with Crippen LogP contribution in [0, 0.1) is 16.7 Å². The molecule has 0 aliphatic heterocycles. The molecule has 0 spiro atoms. The largest absolute Gasteiger partial charge is 0.393 e. The van der Waals surface area contributed by atoms with Gasteiger partial charge in [0.05, 0.1) is 12.2 Å². The lowest BCUT2D eigenvalue weighted by atomic mass is 9.71. The number of rotatable bonds is 4. The summed E-state index contributed by atoms with van der Waals surface area (Å²) in [6.07, 6.45) is 13.1. The van der Waals surface area contributed by atoms with Crippen LogP contribution in [-0.2, 0) is 0 Å². The van der Waals surface area contributed by atoms with Gasteiger partial charge in [0.15, 0.2) is 0 Å². The minimum absolute atomic E-state index is 0.0144. The molecule has 0 aromatic carbocycles. The fourth-order valence-corrected chi connectivity index (χ4v) is 2.95. The van der Waals surface area contributed by atoms with Crippen molar-refractivity contribution in [3.8, 4) is 6.07 Å². The van der Waals surface area contributed by atoms with Gasteiger partial charge in [0.2, 0.25) is 0 Å². The molecule has 0 bridgehead atoms. The minimum atomic E-state index is -0.221. The van der Waals surface area contributed by atoms with Crippen molar-refractivity contribution < 1.29 is 5.11 Å². The van der Waals surface area contributed by atoms with Crippen molar-refractivity contribution in [2.24, 2.45) is 5.41 Å². The summed E-state index contributed by atoms with van der Waals surface area (Å²) in [6, 6.07) is 2.02. The molecule has 0 amide bonds. The number of hydrogen-bond acceptors (Lipinski definition) is 2. The van der Waals surface area contributed by atoms with E-state index in [0.717, 1.165) is 24.0 Å². The van der Waals surface area contributed by atoms with Gasteiger partial charge in [0, 0.05) is 6.08 Å². The summed E-state index contributed by atoms with van der Waals surface area (Å²) >= 11 is 0. The van der Waals surface area contributed by atoms with Gasteiger partial charge < -0.3 is 5.11 Å². The topological polar surface area (TPSA) is 44.0 Å². The monoisotopic (exact) mass is 297 g/mol. The Hall–Kier alpha value is -1.85. The first-order chi connectivity index (χ1) is 10.3. The van der Waals surface area contributed by atoms with Crippen LogP contribution in [0.25, 0.3) is 0 Å². The molecule has 1 N–H and O–H groups in total. The van der Waals surface area contributed by atoms with E-state index in [1.54, 1.807) is 0 Å². The quantitative estimate of drug-likeness (QED) is 0.585. The number of aliphatic hydroxyl groups is 1. The van der Waals surface area contributed by atoms with Crippen LogP contribution in [0.3, 0.4) is 0 Å². The predicted octanol–water partition coefficient (Wildman–Crippen LogP) is 5.01. The maximum absolute atomic E-state index is 9.92. The molecule has 1 aliphatic carbocycles. The second kappa shape index (κ2) is 7.96. The highest BCUT2D eigenvalue weighted by Gasteiger charge is 2.31. The zero-order chi connectivity index (χ0) is 16.8. The van der Waals surface area contributed by atoms with Gasteiger partial charge in [0.25, 0.3) is 0 Å². The van der Waals surface area contributed by atoms with E-state index in [1.807, 2.05) is 31.2 Å². The summed E-state index contributed by atoms with van der Waals surface area (Å²) in [4.78, 5) is 0. The van der Waals surface area contributed by atoms with E-state index in [2.05, 4.69) is 39.8 Å². The Labute approximate surface area is 134 Å². The number of hydrogen-bond donors (Lipinski definition) is 1. The van der Waals surface area contributed by atoms with E-state index in [4.69, 9.17) is 5.26 Å². The third kappa shape index (κ3) is 5.50. The highest BCUT2D eigenvalue weighted by molar-refractivity contribution is 5.37. The highest BCUT2D eigenvalue weighted by Crippen LogP contribution is 2.40. The molecule has 1 aliphatic rings. The molecular formula is C20H27NO. The summed E-state index contributed by atoms with van der Waals surface area (Å²) < 4.78 is 0. The molecular weight excluding hydrogens is 270 g/mol. The second-order valence-corrected chi connectivity index (χ2v) is 6.76. The lowest BCUT2D eigenvalue weighted by Gasteiger charge is -2.35. The van der Waals surface area contributed by atoms with Crippen LogP contribution in [0.2, 0.25) is 0 Å². The third-order valence-electron chi connectivity index (χ3n) is 4.00. The third-order valence-corrected chi connectivity index (χ3v) is 4.00. The Kier molecular flexibility index (Phi) is 6.59. The molecule has 0 saturated heterocycles. The summed E-state index contributed by atoms with van der Waals surface area (Å²) in [5, 5.41) is 18.5. The second-order valence-electron chi connectivity index (χ2n) is 6.76. The summed E-state index contributed by atoms with van der Waals surface area (Å²) in [6.45, 7) is 10.5. The van der Waals surface area contributed by atoms with Gasteiger partial charge in [-0.1, -0.05) is 55.4 Å². The van der Waals surface area contributed by atoms with Crippen LogP contribution in [-0.4, -0.2) is 11.2 Å². The molecule has 0 saturated carbocycles. The molecule has 0 radical (unpaired) electrons. The van der Waals surface area contributed by atoms with E-state index in [9.17, 15) is 5.11 Å². The van der Waals surface area contributed by atoms with Crippen molar-refractivity contribution in [3.63, 3.8) is 0 Å². The summed E-state index contributed by atoms with van der Waals surface area (Å²) in [5.41, 5.74) is 4.71. The van der Waals surface area contributed by atoms with Crippen molar-refractivity contribution in [1.82, 2.24) is 0 Å². The zero-order valence-corrected chi connectivity index (χ0v) is 14.4. The molecule has 0 fully saturated rings. The van der Waals surface area contributed by atoms with E-state index in [-0.39, 0.29) is 11.5 Å². The highest BCUT2D eigenvalue weighted by atomic mass is 16.3. The predicted molar refractivity (Wildman–Crippen MR) is 93.1 cm³/mol. The van der Waals surface area contributed by atoms with E-state index < -0.39 is 0 Å². The molecule has 0 aromatic rings. The standard InChI is InChI=1S/C20H27NO/c1-15(7-6-8-16(2)11-12-21)9-10-19-17(3)13-18(22)14-20(19,4)5/h6-11,18,22H,13-14H2,1-5H3/b8-6+,10-9+,15-7+,16-11+. The van der Waals surface area contributed by atoms with Crippen molar-refractivity contribution in [2.45, 2.75) is 53.6 Å². The molecule has 22 heavy (non-hydrogen) atoms. The first-order valence-corrected chi connectivity index (χ1v) is 7.74. The molecule has 118 valence electrons. The Balaban J connectivity index is 2.85. The fraction of sp³-hybridized carbons (Fsp3) is 0.450. The Morgan fingerprint density at radius 1 is 1.27 bits per heavy atom. The first-order valence-electron chi connectivity index (χ1n) is 7.74. The van der Waals surface area contributed by atoms with Crippen LogP contribution in [0.15, 0.2) is 58.7 Å². The Morgan fingerprint density at radius 3 is 2.55 bits per heavy atom. The average molecular weight is 297 g/mol. The molecule has 1 unspecified atom stereocenters. The normalized spacial score (nSPS) is 23.4. The van der Waals surface area contributed by atoms with Crippen molar-refractivity contribution >= 4 is 0 Å². The van der Waals surface area contributed by atoms with Crippen LogP contribution >= 0.6 is 0 Å². The van der Waals surface area contributed by atoms with Gasteiger partial charge >= 0.3 is 0 Å². The van der Waals surface area contributed by atoms with Crippen LogP contribution in [0.5, 0.6) is 0 Å². The lowest BCUT2D eigenvalue weighted by Crippen LogP contribution is -2.28. The number of nitriles is 1. The van der Waals surface area contributed by atoms with Crippen LogP contribution in [0.4, 0.5) is 0 Å². The molecule has 2 nitrogen and oxygen atoms in total. The smallest absolute Gasteiger partial charge is 0.0914 e. The van der Waals surface area contributed by atoms with Gasteiger partial charge in [-0.3, -0.25) is 0 Å². The zero-order valence-electron chi connectivity index (χ0n) is 14.4.